The molecule has 120 valence electrons. The predicted molar refractivity (Wildman–Crippen MR) is 84.5 cm³/mol. The number of nitrogens with zero attached hydrogens (tertiary/aromatic N) is 1. The topological polar surface area (TPSA) is 58.6 Å². The van der Waals surface area contributed by atoms with Crippen LogP contribution in [0.3, 0.4) is 0 Å². The molecule has 1 aliphatic heterocycles. The van der Waals surface area contributed by atoms with Crippen LogP contribution >= 0.6 is 0 Å². The fraction of sp³-hybridized carbons (Fsp3) is 0.529. The van der Waals surface area contributed by atoms with E-state index in [0.29, 0.717) is 5.92 Å². The van der Waals surface area contributed by atoms with Crippen LogP contribution in [0.15, 0.2) is 30.3 Å². The minimum absolute atomic E-state index is 0.184. The molecule has 2 rings (SSSR count). The van der Waals surface area contributed by atoms with Gasteiger partial charge >= 0.3 is 12.0 Å². The molecule has 2 amide bonds. The third-order valence-corrected chi connectivity index (χ3v) is 4.16. The second-order valence-electron chi connectivity index (χ2n) is 5.81. The Morgan fingerprint density at radius 3 is 2.50 bits per heavy atom. The maximum absolute atomic E-state index is 12.1. The lowest BCUT2D eigenvalue weighted by atomic mass is 9.90. The number of carbonyl (C=O) groups is 2. The number of nitrogens with one attached hydrogen (secondary N) is 1. The predicted octanol–water partition coefficient (Wildman–Crippen LogP) is 2.21. The Kier molecular flexibility index (Phi) is 5.81. The molecule has 5 nitrogen and oxygen atoms in total. The highest BCUT2D eigenvalue weighted by molar-refractivity contribution is 5.83. The fourth-order valence-electron chi connectivity index (χ4n) is 2.80. The van der Waals surface area contributed by atoms with Gasteiger partial charge < -0.3 is 15.0 Å². The highest BCUT2D eigenvalue weighted by Crippen LogP contribution is 2.21. The minimum Gasteiger partial charge on any atom is -0.467 e. The number of methoxy groups -OCH3 is 1. The van der Waals surface area contributed by atoms with E-state index in [9.17, 15) is 9.59 Å². The molecule has 1 atom stereocenters. The first-order valence-electron chi connectivity index (χ1n) is 7.77. The van der Waals surface area contributed by atoms with Gasteiger partial charge in [0.1, 0.15) is 6.04 Å². The standard InChI is InChI=1S/C17H24N2O3/c1-13(16(20)22-2)18-17(21)19-10-8-15(9-11-19)12-14-6-4-3-5-7-14/h3-7,13,15H,8-12H2,1-2H3,(H,18,21)/t13-/m1/s1. The molecule has 1 aromatic rings. The third kappa shape index (κ3) is 4.48. The normalized spacial score (nSPS) is 16.9. The highest BCUT2D eigenvalue weighted by atomic mass is 16.5. The minimum atomic E-state index is -0.612. The monoisotopic (exact) mass is 304 g/mol. The summed E-state index contributed by atoms with van der Waals surface area (Å²) in [5, 5.41) is 2.68. The second-order valence-corrected chi connectivity index (χ2v) is 5.81. The van der Waals surface area contributed by atoms with Gasteiger partial charge in [-0.3, -0.25) is 0 Å². The van der Waals surface area contributed by atoms with Gasteiger partial charge in [-0.25, -0.2) is 9.59 Å². The Hall–Kier alpha value is -2.04. The molecule has 0 aromatic heterocycles. The van der Waals surface area contributed by atoms with Crippen molar-refractivity contribution in [2.75, 3.05) is 20.2 Å². The second kappa shape index (κ2) is 7.82. The van der Waals surface area contributed by atoms with Gasteiger partial charge in [0.25, 0.3) is 0 Å². The number of rotatable bonds is 4. The molecule has 1 aromatic carbocycles. The largest absolute Gasteiger partial charge is 0.467 e. The quantitative estimate of drug-likeness (QED) is 0.868. The summed E-state index contributed by atoms with van der Waals surface area (Å²) in [6, 6.07) is 9.65. The smallest absolute Gasteiger partial charge is 0.328 e. The zero-order valence-electron chi connectivity index (χ0n) is 13.2. The SMILES string of the molecule is COC(=O)[C@@H](C)NC(=O)N1CCC(Cc2ccccc2)CC1. The Balaban J connectivity index is 1.77. The number of ether oxygens (including phenoxy) is 1. The van der Waals surface area contributed by atoms with E-state index >= 15 is 0 Å². The van der Waals surface area contributed by atoms with Gasteiger partial charge in [0.05, 0.1) is 7.11 Å². The summed E-state index contributed by atoms with van der Waals surface area (Å²) in [6.07, 6.45) is 3.05. The van der Waals surface area contributed by atoms with E-state index < -0.39 is 12.0 Å². The molecule has 1 heterocycles. The van der Waals surface area contributed by atoms with Gasteiger partial charge in [0.15, 0.2) is 0 Å². The summed E-state index contributed by atoms with van der Waals surface area (Å²) in [5.41, 5.74) is 1.35. The third-order valence-electron chi connectivity index (χ3n) is 4.16. The van der Waals surface area contributed by atoms with Crippen molar-refractivity contribution in [1.29, 1.82) is 0 Å². The summed E-state index contributed by atoms with van der Waals surface area (Å²) in [7, 11) is 1.32. The number of carbonyl (C=O) groups excluding carboxylic acids is 2. The van der Waals surface area contributed by atoms with Crippen molar-refractivity contribution in [2.45, 2.75) is 32.2 Å². The number of hydrogen-bond acceptors (Lipinski definition) is 3. The summed E-state index contributed by atoms with van der Waals surface area (Å²) in [4.78, 5) is 25.2. The molecule has 22 heavy (non-hydrogen) atoms. The lowest BCUT2D eigenvalue weighted by Crippen LogP contribution is -2.49. The Morgan fingerprint density at radius 1 is 1.27 bits per heavy atom. The van der Waals surface area contributed by atoms with Crippen LogP contribution in [0.2, 0.25) is 0 Å². The van der Waals surface area contributed by atoms with Gasteiger partial charge in [-0.15, -0.1) is 0 Å². The molecule has 1 saturated heterocycles. The number of piperidine rings is 1. The first-order chi connectivity index (χ1) is 10.6. The summed E-state index contributed by atoms with van der Waals surface area (Å²) >= 11 is 0. The van der Waals surface area contributed by atoms with Crippen LogP contribution in [0.25, 0.3) is 0 Å². The summed E-state index contributed by atoms with van der Waals surface area (Å²) in [6.45, 7) is 3.10. The number of likely N-dealkylation sites (tertiary alicyclic amines) is 1. The molecular formula is C17H24N2O3. The molecule has 0 radical (unpaired) electrons. The van der Waals surface area contributed by atoms with E-state index in [4.69, 9.17) is 0 Å². The van der Waals surface area contributed by atoms with Crippen LogP contribution in [-0.4, -0.2) is 43.1 Å². The first-order valence-corrected chi connectivity index (χ1v) is 7.77. The molecular weight excluding hydrogens is 280 g/mol. The van der Waals surface area contributed by atoms with Crippen molar-refractivity contribution in [3.05, 3.63) is 35.9 Å². The molecule has 1 fully saturated rings. The average molecular weight is 304 g/mol. The van der Waals surface area contributed by atoms with E-state index in [2.05, 4.69) is 34.3 Å². The van der Waals surface area contributed by atoms with Crippen LogP contribution < -0.4 is 5.32 Å². The molecule has 0 aliphatic carbocycles. The average Bonchev–Trinajstić information content (AvgIpc) is 2.55. The summed E-state index contributed by atoms with van der Waals surface area (Å²) in [5.74, 6) is 0.191. The van der Waals surface area contributed by atoms with Crippen molar-refractivity contribution < 1.29 is 14.3 Å². The van der Waals surface area contributed by atoms with Crippen molar-refractivity contribution in [3.63, 3.8) is 0 Å². The van der Waals surface area contributed by atoms with Crippen molar-refractivity contribution in [2.24, 2.45) is 5.92 Å². The van der Waals surface area contributed by atoms with Gasteiger partial charge in [0.2, 0.25) is 0 Å². The first kappa shape index (κ1) is 16.3. The number of hydrogen-bond donors (Lipinski definition) is 1. The Bertz CT molecular complexity index is 496. The van der Waals surface area contributed by atoms with Gasteiger partial charge in [-0.05, 0) is 37.7 Å². The molecule has 5 heteroatoms. The van der Waals surface area contributed by atoms with Crippen LogP contribution in [0.5, 0.6) is 0 Å². The van der Waals surface area contributed by atoms with Gasteiger partial charge in [-0.1, -0.05) is 30.3 Å². The summed E-state index contributed by atoms with van der Waals surface area (Å²) < 4.78 is 4.61. The zero-order valence-corrected chi connectivity index (χ0v) is 13.2. The Labute approximate surface area is 131 Å². The van der Waals surface area contributed by atoms with Crippen LogP contribution in [-0.2, 0) is 16.0 Å². The van der Waals surface area contributed by atoms with E-state index in [1.807, 2.05) is 6.07 Å². The van der Waals surface area contributed by atoms with Crippen LogP contribution in [0, 0.1) is 5.92 Å². The van der Waals surface area contributed by atoms with Crippen molar-refractivity contribution in [3.8, 4) is 0 Å². The maximum Gasteiger partial charge on any atom is 0.328 e. The van der Waals surface area contributed by atoms with Crippen LogP contribution in [0.1, 0.15) is 25.3 Å². The molecule has 1 N–H and O–H groups in total. The molecule has 0 unspecified atom stereocenters. The van der Waals surface area contributed by atoms with E-state index in [-0.39, 0.29) is 6.03 Å². The van der Waals surface area contributed by atoms with E-state index in [1.54, 1.807) is 11.8 Å². The number of esters is 1. The molecule has 0 spiro atoms. The van der Waals surface area contributed by atoms with E-state index in [0.717, 1.165) is 32.4 Å². The zero-order chi connectivity index (χ0) is 15.9. The van der Waals surface area contributed by atoms with Crippen molar-refractivity contribution in [1.82, 2.24) is 10.2 Å². The fourth-order valence-corrected chi connectivity index (χ4v) is 2.80. The van der Waals surface area contributed by atoms with Crippen LogP contribution in [0.4, 0.5) is 4.79 Å². The molecule has 0 bridgehead atoms. The lowest BCUT2D eigenvalue weighted by molar-refractivity contribution is -0.142. The van der Waals surface area contributed by atoms with Crippen molar-refractivity contribution >= 4 is 12.0 Å². The molecule has 1 aliphatic rings. The van der Waals surface area contributed by atoms with E-state index in [1.165, 1.54) is 12.7 Å². The maximum atomic E-state index is 12.1. The highest BCUT2D eigenvalue weighted by Gasteiger charge is 2.25. The Morgan fingerprint density at radius 2 is 1.91 bits per heavy atom. The number of amides is 2. The number of urea groups is 1. The lowest BCUT2D eigenvalue weighted by Gasteiger charge is -2.32. The van der Waals surface area contributed by atoms with Gasteiger partial charge in [-0.2, -0.15) is 0 Å². The van der Waals surface area contributed by atoms with Gasteiger partial charge in [0, 0.05) is 13.1 Å². The molecule has 0 saturated carbocycles. The number of benzene rings is 1.